The van der Waals surface area contributed by atoms with Crippen molar-refractivity contribution in [1.29, 1.82) is 0 Å². The average Bonchev–Trinajstić information content (AvgIpc) is 2.01. The summed E-state index contributed by atoms with van der Waals surface area (Å²) in [5.74, 6) is 0. The van der Waals surface area contributed by atoms with Crippen molar-refractivity contribution in [2.75, 3.05) is 13.2 Å². The Balaban J connectivity index is 0. The van der Waals surface area contributed by atoms with E-state index in [4.69, 9.17) is 14.9 Å². The van der Waals surface area contributed by atoms with Crippen LogP contribution in [0.1, 0.15) is 53.9 Å². The molecule has 0 bridgehead atoms. The van der Waals surface area contributed by atoms with E-state index >= 15 is 0 Å². The molecule has 0 spiro atoms. The van der Waals surface area contributed by atoms with Gasteiger partial charge in [0.05, 0.1) is 11.7 Å². The lowest BCUT2D eigenvalue weighted by atomic mass is 10.0. The van der Waals surface area contributed by atoms with Crippen molar-refractivity contribution >= 4 is 0 Å². The highest BCUT2D eigenvalue weighted by molar-refractivity contribution is 4.67. The summed E-state index contributed by atoms with van der Waals surface area (Å²) in [4.78, 5) is 0. The number of ether oxygens (including phenoxy) is 1. The molecule has 0 rings (SSSR count). The second kappa shape index (κ2) is 10.4. The van der Waals surface area contributed by atoms with Crippen LogP contribution in [-0.4, -0.2) is 35.1 Å². The topological polar surface area (TPSA) is 49.7 Å². The summed E-state index contributed by atoms with van der Waals surface area (Å²) in [6.07, 6.45) is 2.47. The summed E-state index contributed by atoms with van der Waals surface area (Å²) >= 11 is 0. The standard InChI is InChI=1S/C6H14O2.C6H14O/c1-5(7)4-6(2,3)8;1-3-5-6-7-4-2/h5,7-8H,4H2,1-3H3;3-6H2,1-2H3. The molecule has 0 aromatic rings. The molecule has 0 saturated heterocycles. The fraction of sp³-hybridized carbons (Fsp3) is 1.00. The van der Waals surface area contributed by atoms with Gasteiger partial charge in [-0.05, 0) is 34.1 Å². The number of unbranched alkanes of at least 4 members (excludes halogenated alkanes) is 1. The third-order valence-electron chi connectivity index (χ3n) is 1.64. The monoisotopic (exact) mass is 220 g/mol. The van der Waals surface area contributed by atoms with Gasteiger partial charge in [0.2, 0.25) is 0 Å². The summed E-state index contributed by atoms with van der Waals surface area (Å²) in [6.45, 7) is 11.0. The molecule has 94 valence electrons. The lowest BCUT2D eigenvalue weighted by Gasteiger charge is -2.17. The average molecular weight is 220 g/mol. The maximum Gasteiger partial charge on any atom is 0.0616 e. The van der Waals surface area contributed by atoms with Crippen molar-refractivity contribution < 1.29 is 14.9 Å². The first-order valence-corrected chi connectivity index (χ1v) is 5.81. The van der Waals surface area contributed by atoms with E-state index in [9.17, 15) is 0 Å². The summed E-state index contributed by atoms with van der Waals surface area (Å²) < 4.78 is 5.07. The number of hydrogen-bond acceptors (Lipinski definition) is 3. The molecule has 15 heavy (non-hydrogen) atoms. The molecule has 3 nitrogen and oxygen atoms in total. The molecule has 0 radical (unpaired) electrons. The van der Waals surface area contributed by atoms with Crippen LogP contribution in [0, 0.1) is 0 Å². The first-order valence-electron chi connectivity index (χ1n) is 5.81. The van der Waals surface area contributed by atoms with Gasteiger partial charge >= 0.3 is 0 Å². The summed E-state index contributed by atoms with van der Waals surface area (Å²) in [7, 11) is 0. The van der Waals surface area contributed by atoms with E-state index in [1.165, 1.54) is 12.8 Å². The number of rotatable bonds is 6. The Morgan fingerprint density at radius 3 is 2.00 bits per heavy atom. The van der Waals surface area contributed by atoms with Crippen LogP contribution >= 0.6 is 0 Å². The first-order chi connectivity index (χ1) is 6.83. The maximum absolute atomic E-state index is 9.03. The molecule has 1 unspecified atom stereocenters. The molecule has 0 aromatic heterocycles. The van der Waals surface area contributed by atoms with Crippen molar-refractivity contribution in [3.63, 3.8) is 0 Å². The van der Waals surface area contributed by atoms with Gasteiger partial charge in [-0.2, -0.15) is 0 Å². The highest BCUT2D eigenvalue weighted by Crippen LogP contribution is 2.09. The zero-order valence-electron chi connectivity index (χ0n) is 10.9. The van der Waals surface area contributed by atoms with Gasteiger partial charge in [0.25, 0.3) is 0 Å². The van der Waals surface area contributed by atoms with E-state index in [2.05, 4.69) is 6.92 Å². The van der Waals surface area contributed by atoms with Gasteiger partial charge in [-0.25, -0.2) is 0 Å². The van der Waals surface area contributed by atoms with Gasteiger partial charge < -0.3 is 14.9 Å². The summed E-state index contributed by atoms with van der Waals surface area (Å²) in [6, 6.07) is 0. The fourth-order valence-electron chi connectivity index (χ4n) is 1.11. The van der Waals surface area contributed by atoms with Gasteiger partial charge in [0.15, 0.2) is 0 Å². The lowest BCUT2D eigenvalue weighted by molar-refractivity contribution is 0.0249. The predicted molar refractivity (Wildman–Crippen MR) is 64.0 cm³/mol. The molecule has 0 fully saturated rings. The van der Waals surface area contributed by atoms with E-state index in [1.807, 2.05) is 6.92 Å². The van der Waals surface area contributed by atoms with Crippen LogP contribution in [0.2, 0.25) is 0 Å². The fourth-order valence-corrected chi connectivity index (χ4v) is 1.11. The molecule has 3 heteroatoms. The van der Waals surface area contributed by atoms with Crippen molar-refractivity contribution in [2.45, 2.75) is 65.6 Å². The van der Waals surface area contributed by atoms with Crippen LogP contribution in [0.5, 0.6) is 0 Å². The largest absolute Gasteiger partial charge is 0.393 e. The Kier molecular flexibility index (Phi) is 12.0. The zero-order valence-corrected chi connectivity index (χ0v) is 10.9. The van der Waals surface area contributed by atoms with E-state index in [0.717, 1.165) is 13.2 Å². The molecular weight excluding hydrogens is 192 g/mol. The van der Waals surface area contributed by atoms with Crippen molar-refractivity contribution in [3.8, 4) is 0 Å². The summed E-state index contributed by atoms with van der Waals surface area (Å²) in [5, 5.41) is 17.8. The summed E-state index contributed by atoms with van der Waals surface area (Å²) in [5.41, 5.74) is -0.728. The molecule has 0 aliphatic rings. The van der Waals surface area contributed by atoms with Gasteiger partial charge in [-0.15, -0.1) is 0 Å². The highest BCUT2D eigenvalue weighted by atomic mass is 16.5. The van der Waals surface area contributed by atoms with Crippen LogP contribution < -0.4 is 0 Å². The Labute approximate surface area is 94.5 Å². The molecule has 0 aromatic carbocycles. The molecule has 1 atom stereocenters. The number of aliphatic hydroxyl groups excluding tert-OH is 1. The normalized spacial score (nSPS) is 13.0. The van der Waals surface area contributed by atoms with Gasteiger partial charge in [-0.3, -0.25) is 0 Å². The van der Waals surface area contributed by atoms with Gasteiger partial charge in [0, 0.05) is 19.6 Å². The van der Waals surface area contributed by atoms with E-state index in [-0.39, 0.29) is 0 Å². The Morgan fingerprint density at radius 1 is 1.27 bits per heavy atom. The molecule has 0 amide bonds. The number of hydrogen-bond donors (Lipinski definition) is 2. The van der Waals surface area contributed by atoms with E-state index < -0.39 is 11.7 Å². The van der Waals surface area contributed by atoms with Crippen LogP contribution in [0.25, 0.3) is 0 Å². The first kappa shape index (κ1) is 17.3. The number of aliphatic hydroxyl groups is 2. The maximum atomic E-state index is 9.03. The Morgan fingerprint density at radius 2 is 1.80 bits per heavy atom. The molecule has 0 aliphatic carbocycles. The minimum absolute atomic E-state index is 0.407. The van der Waals surface area contributed by atoms with Gasteiger partial charge in [0.1, 0.15) is 0 Å². The Bertz CT molecular complexity index is 113. The minimum Gasteiger partial charge on any atom is -0.393 e. The second-order valence-corrected chi connectivity index (χ2v) is 4.42. The van der Waals surface area contributed by atoms with Crippen molar-refractivity contribution in [3.05, 3.63) is 0 Å². The zero-order chi connectivity index (χ0) is 12.3. The SMILES string of the molecule is CC(O)CC(C)(C)O.CCCCOCC. The lowest BCUT2D eigenvalue weighted by Crippen LogP contribution is -2.24. The van der Waals surface area contributed by atoms with E-state index in [1.54, 1.807) is 20.8 Å². The third-order valence-corrected chi connectivity index (χ3v) is 1.64. The van der Waals surface area contributed by atoms with Crippen molar-refractivity contribution in [2.24, 2.45) is 0 Å². The van der Waals surface area contributed by atoms with Crippen LogP contribution in [0.3, 0.4) is 0 Å². The predicted octanol–water partition coefficient (Wildman–Crippen LogP) is 2.35. The minimum atomic E-state index is -0.728. The second-order valence-electron chi connectivity index (χ2n) is 4.42. The molecule has 0 aliphatic heterocycles. The molecule has 2 N–H and O–H groups in total. The smallest absolute Gasteiger partial charge is 0.0616 e. The van der Waals surface area contributed by atoms with Crippen LogP contribution in [0.15, 0.2) is 0 Å². The van der Waals surface area contributed by atoms with Gasteiger partial charge in [-0.1, -0.05) is 13.3 Å². The third kappa shape index (κ3) is 24.8. The van der Waals surface area contributed by atoms with Crippen LogP contribution in [0.4, 0.5) is 0 Å². The van der Waals surface area contributed by atoms with E-state index in [0.29, 0.717) is 6.42 Å². The Hall–Kier alpha value is -0.120. The van der Waals surface area contributed by atoms with Crippen LogP contribution in [-0.2, 0) is 4.74 Å². The van der Waals surface area contributed by atoms with Crippen molar-refractivity contribution in [1.82, 2.24) is 0 Å². The quantitative estimate of drug-likeness (QED) is 0.676. The highest BCUT2D eigenvalue weighted by Gasteiger charge is 2.14. The molecular formula is C12H28O3. The molecule has 0 heterocycles. The molecule has 0 saturated carbocycles.